The number of aromatic nitrogens is 2. The van der Waals surface area contributed by atoms with E-state index in [0.29, 0.717) is 21.5 Å². The molecule has 0 unspecified atom stereocenters. The van der Waals surface area contributed by atoms with Gasteiger partial charge in [-0.25, -0.2) is 0 Å². The fraction of sp³-hybridized carbons (Fsp3) is 0.0588. The van der Waals surface area contributed by atoms with Crippen molar-refractivity contribution >= 4 is 43.6 Å². The van der Waals surface area contributed by atoms with Crippen LogP contribution in [-0.2, 0) is 0 Å². The van der Waals surface area contributed by atoms with E-state index in [1.165, 1.54) is 0 Å². The minimum atomic E-state index is -0.0412. The first-order valence-corrected chi connectivity index (χ1v) is 12.7. The van der Waals surface area contributed by atoms with Gasteiger partial charge in [0.2, 0.25) is 0 Å². The molecule has 0 radical (unpaired) electrons. The van der Waals surface area contributed by atoms with Crippen LogP contribution in [0.5, 0.6) is 0 Å². The monoisotopic (exact) mass is 492 g/mol. The van der Waals surface area contributed by atoms with E-state index in [4.69, 9.17) is 0 Å². The van der Waals surface area contributed by atoms with E-state index in [1.54, 1.807) is 0 Å². The maximum Gasteiger partial charge on any atom is 0.197 e. The van der Waals surface area contributed by atoms with E-state index >= 15 is 0 Å². The lowest BCUT2D eigenvalue weighted by atomic mass is 10.0. The summed E-state index contributed by atoms with van der Waals surface area (Å²) in [5, 5.41) is 2.45. The molecule has 0 spiro atoms. The first-order valence-electron chi connectivity index (χ1n) is 12.7. The Morgan fingerprint density at radius 2 is 0.789 bits per heavy atom. The Morgan fingerprint density at radius 3 is 1.18 bits per heavy atom. The quantitative estimate of drug-likeness (QED) is 0.239. The van der Waals surface area contributed by atoms with Crippen LogP contribution in [0.3, 0.4) is 0 Å². The highest BCUT2D eigenvalue weighted by atomic mass is 16.1. The Labute approximate surface area is 218 Å². The van der Waals surface area contributed by atoms with Crippen LogP contribution in [0.4, 0.5) is 0 Å². The smallest absolute Gasteiger partial charge is 0.197 e. The van der Waals surface area contributed by atoms with E-state index in [1.807, 2.05) is 123 Å². The molecule has 0 saturated heterocycles. The highest BCUT2D eigenvalue weighted by molar-refractivity contribution is 6.05. The molecule has 0 bridgehead atoms. The molecular weight excluding hydrogens is 468 g/mol. The van der Waals surface area contributed by atoms with Crippen LogP contribution in [0.15, 0.2) is 119 Å². The zero-order valence-electron chi connectivity index (χ0n) is 21.1. The topological polar surface area (TPSA) is 44.0 Å². The SMILES string of the molecule is Cc1ccc2c(=O)c3cc4c(cc3n(-c3ccccc3)c2c1)c(=O)c1ccc(C)cc1n4-c1ccccc1. The summed E-state index contributed by atoms with van der Waals surface area (Å²) in [7, 11) is 0. The van der Waals surface area contributed by atoms with Crippen LogP contribution in [0.1, 0.15) is 11.1 Å². The molecule has 0 fully saturated rings. The van der Waals surface area contributed by atoms with Gasteiger partial charge >= 0.3 is 0 Å². The fourth-order valence-electron chi connectivity index (χ4n) is 5.61. The summed E-state index contributed by atoms with van der Waals surface area (Å²) >= 11 is 0. The Balaban J connectivity index is 1.77. The van der Waals surface area contributed by atoms with Crippen LogP contribution in [0.25, 0.3) is 55.0 Å². The van der Waals surface area contributed by atoms with Crippen molar-refractivity contribution in [2.75, 3.05) is 0 Å². The molecule has 0 aliphatic heterocycles. The van der Waals surface area contributed by atoms with E-state index in [-0.39, 0.29) is 10.9 Å². The molecule has 182 valence electrons. The number of para-hydroxylation sites is 2. The number of hydrogen-bond acceptors (Lipinski definition) is 2. The molecule has 0 saturated carbocycles. The standard InChI is InChI=1S/C34H24N2O2/c1-21-13-15-25-29(17-21)35(23-9-5-3-6-10-23)31-19-28-32(20-27(31)33(25)37)36(24-11-7-4-8-12-24)30-18-22(2)14-16-26(30)34(28)38/h3-20H,1-2H3. The van der Waals surface area contributed by atoms with Crippen molar-refractivity contribution in [1.29, 1.82) is 0 Å². The van der Waals surface area contributed by atoms with Crippen LogP contribution in [-0.4, -0.2) is 9.13 Å². The molecule has 0 aliphatic rings. The lowest BCUT2D eigenvalue weighted by molar-refractivity contribution is 1.15. The summed E-state index contributed by atoms with van der Waals surface area (Å²) in [6.45, 7) is 4.05. The molecular formula is C34H24N2O2. The van der Waals surface area contributed by atoms with Gasteiger partial charge in [-0.3, -0.25) is 9.59 Å². The average molecular weight is 493 g/mol. The molecule has 0 aliphatic carbocycles. The minimum Gasteiger partial charge on any atom is -0.309 e. The number of pyridine rings is 2. The van der Waals surface area contributed by atoms with Crippen molar-refractivity contribution in [3.63, 3.8) is 0 Å². The summed E-state index contributed by atoms with van der Waals surface area (Å²) in [6.07, 6.45) is 0. The van der Waals surface area contributed by atoms with Crippen LogP contribution in [0.2, 0.25) is 0 Å². The number of nitrogens with zero attached hydrogens (tertiary/aromatic N) is 2. The second-order valence-corrected chi connectivity index (χ2v) is 9.93. The summed E-state index contributed by atoms with van der Waals surface area (Å²) < 4.78 is 4.20. The van der Waals surface area contributed by atoms with Crippen molar-refractivity contribution in [2.24, 2.45) is 0 Å². The number of aryl methyl sites for hydroxylation is 2. The molecule has 38 heavy (non-hydrogen) atoms. The average Bonchev–Trinajstić information content (AvgIpc) is 2.94. The number of fused-ring (bicyclic) bond motifs is 4. The Hall–Kier alpha value is -4.96. The maximum atomic E-state index is 14.0. The zero-order valence-corrected chi connectivity index (χ0v) is 21.1. The van der Waals surface area contributed by atoms with Gasteiger partial charge in [0.1, 0.15) is 0 Å². The van der Waals surface area contributed by atoms with Gasteiger partial charge in [0.05, 0.1) is 22.1 Å². The van der Waals surface area contributed by atoms with Gasteiger partial charge in [-0.2, -0.15) is 0 Å². The largest absolute Gasteiger partial charge is 0.309 e. The summed E-state index contributed by atoms with van der Waals surface area (Å²) in [6, 6.07) is 35.7. The van der Waals surface area contributed by atoms with Crippen LogP contribution in [0, 0.1) is 13.8 Å². The van der Waals surface area contributed by atoms with Gasteiger partial charge in [-0.1, -0.05) is 48.5 Å². The molecule has 2 aromatic heterocycles. The van der Waals surface area contributed by atoms with E-state index in [9.17, 15) is 9.59 Å². The number of rotatable bonds is 2. The Morgan fingerprint density at radius 1 is 0.421 bits per heavy atom. The highest BCUT2D eigenvalue weighted by Crippen LogP contribution is 2.31. The van der Waals surface area contributed by atoms with Gasteiger partial charge in [0.25, 0.3) is 0 Å². The lowest BCUT2D eigenvalue weighted by Gasteiger charge is -2.19. The van der Waals surface area contributed by atoms with E-state index < -0.39 is 0 Å². The molecule has 0 N–H and O–H groups in total. The van der Waals surface area contributed by atoms with Gasteiger partial charge in [-0.15, -0.1) is 0 Å². The van der Waals surface area contributed by atoms with Gasteiger partial charge in [-0.05, 0) is 85.6 Å². The van der Waals surface area contributed by atoms with Gasteiger partial charge < -0.3 is 9.13 Å². The van der Waals surface area contributed by atoms with Crippen LogP contribution < -0.4 is 10.9 Å². The second-order valence-electron chi connectivity index (χ2n) is 9.93. The minimum absolute atomic E-state index is 0.0412. The van der Waals surface area contributed by atoms with Crippen molar-refractivity contribution in [1.82, 2.24) is 9.13 Å². The third-order valence-corrected chi connectivity index (χ3v) is 7.39. The molecule has 4 heteroatoms. The highest BCUT2D eigenvalue weighted by Gasteiger charge is 2.18. The fourth-order valence-corrected chi connectivity index (χ4v) is 5.61. The molecule has 4 nitrogen and oxygen atoms in total. The lowest BCUT2D eigenvalue weighted by Crippen LogP contribution is -2.14. The first-order chi connectivity index (χ1) is 18.5. The first kappa shape index (κ1) is 22.3. The predicted molar refractivity (Wildman–Crippen MR) is 157 cm³/mol. The second kappa shape index (κ2) is 8.29. The molecule has 7 rings (SSSR count). The number of benzene rings is 5. The maximum absolute atomic E-state index is 14.0. The van der Waals surface area contributed by atoms with Crippen molar-refractivity contribution in [3.05, 3.63) is 141 Å². The van der Waals surface area contributed by atoms with Crippen molar-refractivity contribution in [2.45, 2.75) is 13.8 Å². The van der Waals surface area contributed by atoms with Gasteiger partial charge in [0.15, 0.2) is 10.9 Å². The van der Waals surface area contributed by atoms with Crippen molar-refractivity contribution in [3.8, 4) is 11.4 Å². The molecule has 7 aromatic rings. The normalized spacial score (nSPS) is 11.6. The zero-order chi connectivity index (χ0) is 26.0. The predicted octanol–water partition coefficient (Wildman–Crippen LogP) is 7.22. The number of hydrogen-bond donors (Lipinski definition) is 0. The molecule has 0 amide bonds. The molecule has 0 atom stereocenters. The molecule has 5 aromatic carbocycles. The van der Waals surface area contributed by atoms with E-state index in [2.05, 4.69) is 9.13 Å². The third-order valence-electron chi connectivity index (χ3n) is 7.39. The van der Waals surface area contributed by atoms with E-state index in [0.717, 1.165) is 44.6 Å². The van der Waals surface area contributed by atoms with Crippen LogP contribution >= 0.6 is 0 Å². The van der Waals surface area contributed by atoms with Crippen molar-refractivity contribution < 1.29 is 0 Å². The molecule has 2 heterocycles. The van der Waals surface area contributed by atoms with Gasteiger partial charge in [0, 0.05) is 32.9 Å². The summed E-state index contributed by atoms with van der Waals surface area (Å²) in [5.41, 5.74) is 7.01. The Bertz CT molecular complexity index is 2020. The third kappa shape index (κ3) is 3.24. The summed E-state index contributed by atoms with van der Waals surface area (Å²) in [5.74, 6) is 0. The Kier molecular flexibility index (Phi) is 4.85. The summed E-state index contributed by atoms with van der Waals surface area (Å²) in [4.78, 5) is 28.0.